The fourth-order valence-electron chi connectivity index (χ4n) is 5.84. The number of ether oxygens (including phenoxy) is 1. The lowest BCUT2D eigenvalue weighted by Crippen LogP contribution is -2.54. The van der Waals surface area contributed by atoms with E-state index in [1.54, 1.807) is 0 Å². The highest BCUT2D eigenvalue weighted by molar-refractivity contribution is 5.76. The first-order valence-corrected chi connectivity index (χ1v) is 11.2. The van der Waals surface area contributed by atoms with Crippen LogP contribution in [0.25, 0.3) is 0 Å². The summed E-state index contributed by atoms with van der Waals surface area (Å²) < 4.78 is 5.80. The lowest BCUT2D eigenvalue weighted by Gasteiger charge is -2.52. The number of nitriles is 1. The normalized spacial score (nSPS) is 35.2. The molecular formula is C25H32N2O3. The van der Waals surface area contributed by atoms with Gasteiger partial charge in [0.1, 0.15) is 6.10 Å². The van der Waals surface area contributed by atoms with Crippen molar-refractivity contribution in [2.45, 2.75) is 58.3 Å². The van der Waals surface area contributed by atoms with Crippen molar-refractivity contribution < 1.29 is 14.6 Å². The number of aliphatic hydroxyl groups is 1. The van der Waals surface area contributed by atoms with Crippen LogP contribution in [0.15, 0.2) is 42.0 Å². The van der Waals surface area contributed by atoms with Crippen molar-refractivity contribution >= 4 is 5.97 Å². The Morgan fingerprint density at radius 3 is 2.83 bits per heavy atom. The van der Waals surface area contributed by atoms with Gasteiger partial charge in [-0.25, -0.2) is 0 Å². The van der Waals surface area contributed by atoms with Gasteiger partial charge in [-0.15, -0.1) is 0 Å². The van der Waals surface area contributed by atoms with Crippen LogP contribution in [0.3, 0.4) is 0 Å². The van der Waals surface area contributed by atoms with E-state index in [-0.39, 0.29) is 29.3 Å². The number of hydrogen-bond donors (Lipinski definition) is 1. The molecule has 5 nitrogen and oxygen atoms in total. The molecule has 0 bridgehead atoms. The highest BCUT2D eigenvalue weighted by atomic mass is 16.6. The number of benzene rings is 1. The molecule has 0 aromatic heterocycles. The molecule has 0 radical (unpaired) electrons. The Bertz CT molecular complexity index is 846. The van der Waals surface area contributed by atoms with Gasteiger partial charge < -0.3 is 9.84 Å². The van der Waals surface area contributed by atoms with E-state index in [1.165, 1.54) is 5.57 Å². The molecule has 1 saturated heterocycles. The number of rotatable bonds is 6. The molecule has 2 aliphatic carbocycles. The molecule has 1 saturated carbocycles. The second kappa shape index (κ2) is 8.53. The third-order valence-corrected chi connectivity index (χ3v) is 7.81. The fraction of sp³-hybridized carbons (Fsp3) is 0.600. The van der Waals surface area contributed by atoms with Crippen molar-refractivity contribution in [2.75, 3.05) is 13.1 Å². The largest absolute Gasteiger partial charge is 0.461 e. The maximum Gasteiger partial charge on any atom is 0.311 e. The molecule has 4 rings (SSSR count). The molecule has 3 aliphatic rings. The van der Waals surface area contributed by atoms with Gasteiger partial charge in [0.2, 0.25) is 0 Å². The van der Waals surface area contributed by atoms with Crippen molar-refractivity contribution in [3.8, 4) is 6.07 Å². The van der Waals surface area contributed by atoms with Crippen LogP contribution in [-0.4, -0.2) is 41.3 Å². The Hall–Kier alpha value is -2.16. The SMILES string of the molecule is CC1CCC=C2CC3OC(=O)C(CN(CCC#N)Cc4ccccc4)C3C(O)C21C. The molecule has 2 fully saturated rings. The fourth-order valence-corrected chi connectivity index (χ4v) is 5.84. The van der Waals surface area contributed by atoms with Gasteiger partial charge in [0.25, 0.3) is 0 Å². The summed E-state index contributed by atoms with van der Waals surface area (Å²) in [6.07, 6.45) is 4.67. The smallest absolute Gasteiger partial charge is 0.311 e. The Morgan fingerprint density at radius 2 is 2.10 bits per heavy atom. The molecule has 6 atom stereocenters. The summed E-state index contributed by atoms with van der Waals surface area (Å²) in [7, 11) is 0. The van der Waals surface area contributed by atoms with Crippen LogP contribution < -0.4 is 0 Å². The summed E-state index contributed by atoms with van der Waals surface area (Å²) in [4.78, 5) is 15.1. The molecule has 6 unspecified atom stereocenters. The quantitative estimate of drug-likeness (QED) is 0.574. The highest BCUT2D eigenvalue weighted by Gasteiger charge is 2.59. The van der Waals surface area contributed by atoms with Crippen LogP contribution >= 0.6 is 0 Å². The zero-order chi connectivity index (χ0) is 21.3. The van der Waals surface area contributed by atoms with E-state index in [0.29, 0.717) is 32.0 Å². The summed E-state index contributed by atoms with van der Waals surface area (Å²) in [5, 5.41) is 20.6. The lowest BCUT2D eigenvalue weighted by molar-refractivity contribution is -0.145. The van der Waals surface area contributed by atoms with Gasteiger partial charge >= 0.3 is 5.97 Å². The average Bonchev–Trinajstić information content (AvgIpc) is 3.04. The minimum Gasteiger partial charge on any atom is -0.461 e. The highest BCUT2D eigenvalue weighted by Crippen LogP contribution is 2.56. The van der Waals surface area contributed by atoms with Crippen molar-refractivity contribution in [3.05, 3.63) is 47.5 Å². The first kappa shape index (κ1) is 21.1. The Balaban J connectivity index is 1.57. The van der Waals surface area contributed by atoms with Crippen LogP contribution in [0.5, 0.6) is 0 Å². The molecule has 1 N–H and O–H groups in total. The molecule has 5 heteroatoms. The van der Waals surface area contributed by atoms with E-state index in [1.807, 2.05) is 18.2 Å². The number of aliphatic hydroxyl groups excluding tert-OH is 1. The molecule has 1 aromatic carbocycles. The number of carbonyl (C=O) groups is 1. The van der Waals surface area contributed by atoms with Crippen molar-refractivity contribution in [2.24, 2.45) is 23.2 Å². The van der Waals surface area contributed by atoms with Gasteiger partial charge in [0, 0.05) is 43.8 Å². The number of esters is 1. The van der Waals surface area contributed by atoms with Gasteiger partial charge in [-0.1, -0.05) is 55.8 Å². The van der Waals surface area contributed by atoms with Crippen LogP contribution in [0.1, 0.15) is 45.1 Å². The zero-order valence-electron chi connectivity index (χ0n) is 18.0. The van der Waals surface area contributed by atoms with E-state index >= 15 is 0 Å². The molecular weight excluding hydrogens is 376 g/mol. The summed E-state index contributed by atoms with van der Waals surface area (Å²) in [6, 6.07) is 12.3. The molecule has 30 heavy (non-hydrogen) atoms. The molecule has 0 spiro atoms. The second-order valence-electron chi connectivity index (χ2n) is 9.43. The van der Waals surface area contributed by atoms with E-state index in [9.17, 15) is 9.90 Å². The average molecular weight is 409 g/mol. The molecule has 0 amide bonds. The van der Waals surface area contributed by atoms with Gasteiger partial charge in [-0.2, -0.15) is 5.26 Å². The van der Waals surface area contributed by atoms with Crippen LogP contribution in [-0.2, 0) is 16.1 Å². The third kappa shape index (κ3) is 3.68. The summed E-state index contributed by atoms with van der Waals surface area (Å²) in [5.74, 6) is -0.376. The van der Waals surface area contributed by atoms with Crippen molar-refractivity contribution in [3.63, 3.8) is 0 Å². The summed E-state index contributed by atoms with van der Waals surface area (Å²) >= 11 is 0. The van der Waals surface area contributed by atoms with Crippen LogP contribution in [0, 0.1) is 34.5 Å². The monoisotopic (exact) mass is 408 g/mol. The molecule has 1 aromatic rings. The standard InChI is InChI=1S/C25H32N2O3/c1-17-8-6-11-19-14-21-22(23(28)25(17,19)2)20(24(29)30-21)16-27(13-7-12-26)15-18-9-4-3-5-10-18/h3-5,9-11,17,20-23,28H,6-8,13-16H2,1-2H3. The molecule has 1 aliphatic heterocycles. The summed E-state index contributed by atoms with van der Waals surface area (Å²) in [5.41, 5.74) is 2.12. The second-order valence-corrected chi connectivity index (χ2v) is 9.43. The number of carbonyl (C=O) groups excluding carboxylic acids is 1. The van der Waals surface area contributed by atoms with Gasteiger partial charge in [0.15, 0.2) is 0 Å². The van der Waals surface area contributed by atoms with E-state index in [2.05, 4.69) is 43.0 Å². The zero-order valence-corrected chi connectivity index (χ0v) is 18.0. The maximum absolute atomic E-state index is 12.9. The number of fused-ring (bicyclic) bond motifs is 2. The van der Waals surface area contributed by atoms with Crippen LogP contribution in [0.4, 0.5) is 0 Å². The predicted octanol–water partition coefficient (Wildman–Crippen LogP) is 3.69. The van der Waals surface area contributed by atoms with E-state index in [0.717, 1.165) is 24.8 Å². The minimum atomic E-state index is -0.594. The minimum absolute atomic E-state index is 0.194. The maximum atomic E-state index is 12.9. The first-order chi connectivity index (χ1) is 14.4. The molecule has 160 valence electrons. The predicted molar refractivity (Wildman–Crippen MR) is 114 cm³/mol. The van der Waals surface area contributed by atoms with Gasteiger partial charge in [-0.3, -0.25) is 9.69 Å². The number of nitrogens with zero attached hydrogens (tertiary/aromatic N) is 2. The van der Waals surface area contributed by atoms with Crippen molar-refractivity contribution in [1.82, 2.24) is 4.90 Å². The van der Waals surface area contributed by atoms with Gasteiger partial charge in [-0.05, 0) is 24.3 Å². The van der Waals surface area contributed by atoms with E-state index < -0.39 is 6.10 Å². The Labute approximate surface area is 179 Å². The Kier molecular flexibility index (Phi) is 5.99. The Morgan fingerprint density at radius 1 is 1.33 bits per heavy atom. The molecule has 1 heterocycles. The summed E-state index contributed by atoms with van der Waals surface area (Å²) in [6.45, 7) is 6.18. The lowest BCUT2D eigenvalue weighted by atomic mass is 9.55. The number of allylic oxidation sites excluding steroid dienone is 1. The first-order valence-electron chi connectivity index (χ1n) is 11.2. The topological polar surface area (TPSA) is 73.6 Å². The number of hydrogen-bond acceptors (Lipinski definition) is 5. The van der Waals surface area contributed by atoms with Crippen molar-refractivity contribution in [1.29, 1.82) is 5.26 Å². The van der Waals surface area contributed by atoms with E-state index in [4.69, 9.17) is 10.00 Å². The van der Waals surface area contributed by atoms with Crippen LogP contribution in [0.2, 0.25) is 0 Å². The van der Waals surface area contributed by atoms with Gasteiger partial charge in [0.05, 0.1) is 18.1 Å². The third-order valence-electron chi connectivity index (χ3n) is 7.81.